The third kappa shape index (κ3) is 4.27. The maximum absolute atomic E-state index is 13.5. The van der Waals surface area contributed by atoms with E-state index in [1.807, 2.05) is 25.1 Å². The summed E-state index contributed by atoms with van der Waals surface area (Å²) < 4.78 is 5.35. The Morgan fingerprint density at radius 2 is 2.09 bits per heavy atom. The number of benzene rings is 2. The zero-order chi connectivity index (χ0) is 22.7. The average Bonchev–Trinajstić information content (AvgIpc) is 3.29. The highest BCUT2D eigenvalue weighted by molar-refractivity contribution is 6.34. The molecule has 0 bridgehead atoms. The molecule has 2 amide bonds. The molecule has 1 aliphatic rings. The molecular formula is C21H21ClN6O4. The number of nitrogens with one attached hydrogen (secondary N) is 1. The van der Waals surface area contributed by atoms with E-state index in [9.17, 15) is 9.59 Å². The second-order valence-corrected chi connectivity index (χ2v) is 7.61. The number of H-pyrrole nitrogens is 1. The summed E-state index contributed by atoms with van der Waals surface area (Å²) in [6.07, 6.45) is 0. The van der Waals surface area contributed by atoms with Crippen molar-refractivity contribution in [3.63, 3.8) is 0 Å². The zero-order valence-corrected chi connectivity index (χ0v) is 18.0. The van der Waals surface area contributed by atoms with Crippen LogP contribution in [0.5, 0.6) is 5.75 Å². The van der Waals surface area contributed by atoms with Crippen LogP contribution >= 0.6 is 11.6 Å². The van der Waals surface area contributed by atoms with Gasteiger partial charge in [0.25, 0.3) is 5.91 Å². The van der Waals surface area contributed by atoms with Crippen molar-refractivity contribution in [1.82, 2.24) is 25.5 Å². The van der Waals surface area contributed by atoms with E-state index in [-0.39, 0.29) is 42.8 Å². The number of carbonyl (C=O) groups is 2. The molecule has 0 radical (unpaired) electrons. The molecule has 1 unspecified atom stereocenters. The SMILES string of the molecule is CC(c1nn[nH]n1)N1Cc2ccccc2N(C(=O)c2ccc(OCCO)cc2Cl)CC1=O. The molecule has 1 aliphatic heterocycles. The third-order valence-electron chi connectivity index (χ3n) is 5.22. The number of tetrazole rings is 1. The van der Waals surface area contributed by atoms with Gasteiger partial charge in [-0.3, -0.25) is 14.5 Å². The largest absolute Gasteiger partial charge is 0.491 e. The Morgan fingerprint density at radius 1 is 1.28 bits per heavy atom. The van der Waals surface area contributed by atoms with E-state index < -0.39 is 11.9 Å². The fourth-order valence-electron chi connectivity index (χ4n) is 3.58. The van der Waals surface area contributed by atoms with Crippen molar-refractivity contribution in [2.75, 3.05) is 24.7 Å². The van der Waals surface area contributed by atoms with Crippen LogP contribution in [0, 0.1) is 0 Å². The Labute approximate surface area is 188 Å². The monoisotopic (exact) mass is 456 g/mol. The Balaban J connectivity index is 1.66. The minimum atomic E-state index is -0.434. The van der Waals surface area contributed by atoms with Gasteiger partial charge in [-0.1, -0.05) is 35.0 Å². The predicted octanol–water partition coefficient (Wildman–Crippen LogP) is 1.97. The number of aliphatic hydroxyl groups is 1. The van der Waals surface area contributed by atoms with Crippen LogP contribution in [0.15, 0.2) is 42.5 Å². The number of para-hydroxylation sites is 1. The molecule has 0 saturated heterocycles. The molecule has 0 fully saturated rings. The molecule has 0 aliphatic carbocycles. The van der Waals surface area contributed by atoms with Crippen molar-refractivity contribution in [2.45, 2.75) is 19.5 Å². The molecule has 3 aromatic rings. The van der Waals surface area contributed by atoms with Crippen molar-refractivity contribution in [1.29, 1.82) is 0 Å². The highest BCUT2D eigenvalue weighted by Gasteiger charge is 2.33. The molecule has 2 aromatic carbocycles. The first-order valence-electron chi connectivity index (χ1n) is 9.95. The quantitative estimate of drug-likeness (QED) is 0.581. The Kier molecular flexibility index (Phi) is 6.33. The van der Waals surface area contributed by atoms with Gasteiger partial charge in [-0.2, -0.15) is 5.21 Å². The summed E-state index contributed by atoms with van der Waals surface area (Å²) in [5.74, 6) is 0.162. The number of anilines is 1. The van der Waals surface area contributed by atoms with Crippen LogP contribution in [0.1, 0.15) is 34.7 Å². The van der Waals surface area contributed by atoms with Gasteiger partial charge in [-0.15, -0.1) is 10.2 Å². The molecule has 1 aromatic heterocycles. The second-order valence-electron chi connectivity index (χ2n) is 7.20. The fourth-order valence-corrected chi connectivity index (χ4v) is 3.83. The molecule has 4 rings (SSSR count). The zero-order valence-electron chi connectivity index (χ0n) is 17.2. The molecule has 166 valence electrons. The molecule has 1 atom stereocenters. The maximum Gasteiger partial charge on any atom is 0.260 e. The first-order chi connectivity index (χ1) is 15.5. The minimum absolute atomic E-state index is 0.117. The number of carbonyl (C=O) groups excluding carboxylic acids is 2. The van der Waals surface area contributed by atoms with Crippen molar-refractivity contribution in [2.24, 2.45) is 0 Å². The van der Waals surface area contributed by atoms with Gasteiger partial charge in [-0.05, 0) is 36.8 Å². The molecule has 11 heteroatoms. The van der Waals surface area contributed by atoms with Crippen LogP contribution in [0.4, 0.5) is 5.69 Å². The van der Waals surface area contributed by atoms with Crippen molar-refractivity contribution in [3.8, 4) is 5.75 Å². The van der Waals surface area contributed by atoms with Gasteiger partial charge in [0.1, 0.15) is 18.9 Å². The molecular weight excluding hydrogens is 436 g/mol. The minimum Gasteiger partial charge on any atom is -0.491 e. The number of ether oxygens (including phenoxy) is 1. The van der Waals surface area contributed by atoms with E-state index in [0.29, 0.717) is 17.3 Å². The fraction of sp³-hybridized carbons (Fsp3) is 0.286. The predicted molar refractivity (Wildman–Crippen MR) is 115 cm³/mol. The molecule has 2 N–H and O–H groups in total. The summed E-state index contributed by atoms with van der Waals surface area (Å²) in [4.78, 5) is 29.7. The van der Waals surface area contributed by atoms with Gasteiger partial charge in [0.15, 0.2) is 5.82 Å². The van der Waals surface area contributed by atoms with Gasteiger partial charge < -0.3 is 14.7 Å². The van der Waals surface area contributed by atoms with Gasteiger partial charge in [0, 0.05) is 12.2 Å². The number of amides is 2. The first kappa shape index (κ1) is 21.7. The van der Waals surface area contributed by atoms with E-state index in [0.717, 1.165) is 5.56 Å². The molecule has 0 spiro atoms. The van der Waals surface area contributed by atoms with Crippen molar-refractivity contribution >= 4 is 29.1 Å². The first-order valence-corrected chi connectivity index (χ1v) is 10.3. The van der Waals surface area contributed by atoms with Crippen LogP contribution in [0.25, 0.3) is 0 Å². The number of aromatic amines is 1. The van der Waals surface area contributed by atoms with Crippen LogP contribution in [0.2, 0.25) is 5.02 Å². The lowest BCUT2D eigenvalue weighted by molar-refractivity contribution is -0.132. The summed E-state index contributed by atoms with van der Waals surface area (Å²) in [7, 11) is 0. The number of fused-ring (bicyclic) bond motifs is 1. The van der Waals surface area contributed by atoms with Gasteiger partial charge in [-0.25, -0.2) is 0 Å². The average molecular weight is 457 g/mol. The normalized spacial score (nSPS) is 14.7. The molecule has 32 heavy (non-hydrogen) atoms. The van der Waals surface area contributed by atoms with Gasteiger partial charge in [0.2, 0.25) is 5.91 Å². The van der Waals surface area contributed by atoms with E-state index in [2.05, 4.69) is 20.6 Å². The second kappa shape index (κ2) is 9.33. The third-order valence-corrected chi connectivity index (χ3v) is 5.53. The van der Waals surface area contributed by atoms with Gasteiger partial charge in [0.05, 0.1) is 23.2 Å². The lowest BCUT2D eigenvalue weighted by atomic mass is 10.1. The van der Waals surface area contributed by atoms with Crippen LogP contribution < -0.4 is 9.64 Å². The van der Waals surface area contributed by atoms with Crippen LogP contribution in [0.3, 0.4) is 0 Å². The topological polar surface area (TPSA) is 125 Å². The number of halogens is 1. The Morgan fingerprint density at radius 3 is 2.81 bits per heavy atom. The number of aromatic nitrogens is 4. The number of aliphatic hydroxyl groups excluding tert-OH is 1. The lowest BCUT2D eigenvalue weighted by Gasteiger charge is -2.26. The smallest absolute Gasteiger partial charge is 0.260 e. The summed E-state index contributed by atoms with van der Waals surface area (Å²) >= 11 is 6.36. The van der Waals surface area contributed by atoms with E-state index in [1.54, 1.807) is 23.1 Å². The summed E-state index contributed by atoms with van der Waals surface area (Å²) in [6.45, 7) is 1.91. The van der Waals surface area contributed by atoms with E-state index in [1.165, 1.54) is 11.0 Å². The summed E-state index contributed by atoms with van der Waals surface area (Å²) in [5, 5.41) is 23.0. The number of hydrogen-bond donors (Lipinski definition) is 2. The van der Waals surface area contributed by atoms with E-state index in [4.69, 9.17) is 21.4 Å². The van der Waals surface area contributed by atoms with Crippen LogP contribution in [-0.2, 0) is 11.3 Å². The maximum atomic E-state index is 13.5. The van der Waals surface area contributed by atoms with E-state index >= 15 is 0 Å². The number of hydrogen-bond acceptors (Lipinski definition) is 7. The molecule has 10 nitrogen and oxygen atoms in total. The number of nitrogens with zero attached hydrogens (tertiary/aromatic N) is 5. The highest BCUT2D eigenvalue weighted by atomic mass is 35.5. The molecule has 0 saturated carbocycles. The summed E-state index contributed by atoms with van der Waals surface area (Å²) in [5.41, 5.74) is 1.68. The van der Waals surface area contributed by atoms with Crippen LogP contribution in [-0.4, -0.2) is 62.2 Å². The molecule has 2 heterocycles. The van der Waals surface area contributed by atoms with Crippen molar-refractivity contribution in [3.05, 3.63) is 64.4 Å². The van der Waals surface area contributed by atoms with Gasteiger partial charge >= 0.3 is 0 Å². The Bertz CT molecular complexity index is 1120. The highest BCUT2D eigenvalue weighted by Crippen LogP contribution is 2.32. The summed E-state index contributed by atoms with van der Waals surface area (Å²) in [6, 6.07) is 11.6. The lowest BCUT2D eigenvalue weighted by Crippen LogP contribution is -2.41. The van der Waals surface area contributed by atoms with Crippen molar-refractivity contribution < 1.29 is 19.4 Å². The number of rotatable bonds is 6. The standard InChI is InChI=1S/C21H21ClN6O4/c1-13(20-23-25-26-24-20)27-11-14-4-2-3-5-18(14)28(12-19(27)30)21(31)16-7-6-15(10-17(16)22)32-9-8-29/h2-7,10,13,29H,8-9,11-12H2,1H3,(H,23,24,25,26). The Hall–Kier alpha value is -3.50.